The van der Waals surface area contributed by atoms with E-state index in [1.54, 1.807) is 0 Å². The predicted octanol–water partition coefficient (Wildman–Crippen LogP) is 1.64. The van der Waals surface area contributed by atoms with Gasteiger partial charge in [0, 0.05) is 0 Å². The van der Waals surface area contributed by atoms with Gasteiger partial charge in [-0.25, -0.2) is 0 Å². The topological polar surface area (TPSA) is 23.1 Å². The van der Waals surface area contributed by atoms with Crippen LogP contribution in [0, 0.1) is 0 Å². The molecule has 1 saturated carbocycles. The smallest absolute Gasteiger partial charge is 0.159 e. The molecule has 3 heteroatoms. The highest BCUT2D eigenvalue weighted by Crippen LogP contribution is 2.27. The summed E-state index contributed by atoms with van der Waals surface area (Å²) in [7, 11) is 0. The molecule has 1 atom stereocenters. The first-order chi connectivity index (χ1) is 3.84. The average molecular weight is 197 g/mol. The Morgan fingerprint density at radius 1 is 1.62 bits per heavy atom. The molecule has 0 unspecified atom stereocenters. The van der Waals surface area contributed by atoms with Crippen LogP contribution in [-0.2, 0) is 11.2 Å². The number of alkyl halides is 1. The molecule has 0 aromatic heterocycles. The highest BCUT2D eigenvalue weighted by Gasteiger charge is 2.27. The average Bonchev–Trinajstić information content (AvgIpc) is 1.62. The summed E-state index contributed by atoms with van der Waals surface area (Å²) in [5, 5.41) is 0.523. The van der Waals surface area contributed by atoms with Gasteiger partial charge in [0.1, 0.15) is 5.25 Å². The highest BCUT2D eigenvalue weighted by atomic mass is 79.9. The van der Waals surface area contributed by atoms with Crippen LogP contribution in [0.2, 0.25) is 0 Å². The summed E-state index contributed by atoms with van der Waals surface area (Å²) >= 11 is 2.62. The summed E-state index contributed by atoms with van der Waals surface area (Å²) in [6, 6.07) is 0. The SMILES string of the molecule is [O-][S@@+](CBr)C1CCC1. The molecule has 0 N–H and O–H groups in total. The van der Waals surface area contributed by atoms with Gasteiger partial charge in [-0.3, -0.25) is 0 Å². The van der Waals surface area contributed by atoms with Crippen molar-refractivity contribution in [2.75, 3.05) is 4.66 Å². The van der Waals surface area contributed by atoms with Crippen LogP contribution in [0.5, 0.6) is 0 Å². The van der Waals surface area contributed by atoms with E-state index in [0.29, 0.717) is 9.91 Å². The van der Waals surface area contributed by atoms with Crippen LogP contribution >= 0.6 is 15.9 Å². The minimum atomic E-state index is -0.568. The Kier molecular flexibility index (Phi) is 2.66. The molecule has 48 valence electrons. The van der Waals surface area contributed by atoms with Crippen LogP contribution in [0.4, 0.5) is 0 Å². The van der Waals surface area contributed by atoms with Crippen molar-refractivity contribution in [3.05, 3.63) is 0 Å². The maximum Gasteiger partial charge on any atom is 0.159 e. The van der Waals surface area contributed by atoms with Crippen LogP contribution in [0.3, 0.4) is 0 Å². The van der Waals surface area contributed by atoms with Crippen LogP contribution < -0.4 is 0 Å². The molecule has 0 spiro atoms. The van der Waals surface area contributed by atoms with Crippen molar-refractivity contribution in [3.63, 3.8) is 0 Å². The molecular formula is C5H9BrOS. The molecule has 8 heavy (non-hydrogen) atoms. The summed E-state index contributed by atoms with van der Waals surface area (Å²) in [4.78, 5) is 0. The van der Waals surface area contributed by atoms with E-state index in [9.17, 15) is 4.55 Å². The Balaban J connectivity index is 2.13. The Labute approximate surface area is 61.2 Å². The van der Waals surface area contributed by atoms with E-state index < -0.39 is 11.2 Å². The molecule has 0 saturated heterocycles. The lowest BCUT2D eigenvalue weighted by Crippen LogP contribution is -2.28. The number of hydrogen-bond acceptors (Lipinski definition) is 1. The fourth-order valence-electron chi connectivity index (χ4n) is 0.723. The second-order valence-electron chi connectivity index (χ2n) is 2.04. The third-order valence-electron chi connectivity index (χ3n) is 1.53. The summed E-state index contributed by atoms with van der Waals surface area (Å²) in [6.45, 7) is 0. The maximum absolute atomic E-state index is 10.9. The molecule has 1 aliphatic carbocycles. The Morgan fingerprint density at radius 2 is 2.25 bits per heavy atom. The quantitative estimate of drug-likeness (QED) is 0.487. The first-order valence-corrected chi connectivity index (χ1v) is 5.28. The summed E-state index contributed by atoms with van der Waals surface area (Å²) in [6.07, 6.45) is 3.64. The maximum atomic E-state index is 10.9. The van der Waals surface area contributed by atoms with E-state index in [1.807, 2.05) is 0 Å². The number of halogens is 1. The van der Waals surface area contributed by atoms with E-state index >= 15 is 0 Å². The van der Waals surface area contributed by atoms with Gasteiger partial charge < -0.3 is 4.55 Å². The second kappa shape index (κ2) is 3.08. The zero-order valence-electron chi connectivity index (χ0n) is 4.60. The van der Waals surface area contributed by atoms with E-state index in [0.717, 1.165) is 0 Å². The normalized spacial score (nSPS) is 24.8. The standard InChI is InChI=1S/C5H9BrOS/c6-4-8(7)5-2-1-3-5/h5H,1-4H2/t8-/m0/s1. The molecule has 0 aromatic rings. The van der Waals surface area contributed by atoms with Crippen molar-refractivity contribution >= 4 is 27.1 Å². The summed E-state index contributed by atoms with van der Waals surface area (Å²) in [5.41, 5.74) is 0. The van der Waals surface area contributed by atoms with Gasteiger partial charge in [-0.15, -0.1) is 0 Å². The lowest BCUT2D eigenvalue weighted by molar-refractivity contribution is 0.479. The van der Waals surface area contributed by atoms with Crippen molar-refractivity contribution in [2.24, 2.45) is 0 Å². The van der Waals surface area contributed by atoms with Crippen molar-refractivity contribution in [3.8, 4) is 0 Å². The molecule has 0 bridgehead atoms. The van der Waals surface area contributed by atoms with Gasteiger partial charge >= 0.3 is 0 Å². The van der Waals surface area contributed by atoms with Gasteiger partial charge in [0.25, 0.3) is 0 Å². The zero-order chi connectivity index (χ0) is 5.98. The predicted molar refractivity (Wildman–Crippen MR) is 39.6 cm³/mol. The molecule has 0 heterocycles. The monoisotopic (exact) mass is 196 g/mol. The van der Waals surface area contributed by atoms with Gasteiger partial charge in [-0.05, 0) is 46.4 Å². The number of rotatable bonds is 2. The van der Waals surface area contributed by atoms with Crippen molar-refractivity contribution in [1.29, 1.82) is 0 Å². The lowest BCUT2D eigenvalue weighted by atomic mass is 10.0. The minimum absolute atomic E-state index is 0.523. The molecule has 0 amide bonds. The molecule has 1 aliphatic rings. The van der Waals surface area contributed by atoms with Gasteiger partial charge in [0.15, 0.2) is 4.66 Å². The molecule has 1 rings (SSSR count). The third-order valence-corrected chi connectivity index (χ3v) is 4.32. The van der Waals surface area contributed by atoms with Gasteiger partial charge in [0.2, 0.25) is 0 Å². The van der Waals surface area contributed by atoms with Crippen LogP contribution in [0.1, 0.15) is 19.3 Å². The van der Waals surface area contributed by atoms with Crippen molar-refractivity contribution in [2.45, 2.75) is 24.5 Å². The Morgan fingerprint density at radius 3 is 2.38 bits per heavy atom. The Bertz CT molecular complexity index is 72.1. The number of hydrogen-bond donors (Lipinski definition) is 0. The van der Waals surface area contributed by atoms with E-state index in [-0.39, 0.29) is 0 Å². The van der Waals surface area contributed by atoms with Crippen LogP contribution in [0.15, 0.2) is 0 Å². The minimum Gasteiger partial charge on any atom is -0.615 e. The molecule has 0 radical (unpaired) electrons. The Hall–Kier alpha value is 0.790. The fourth-order valence-corrected chi connectivity index (χ4v) is 2.88. The summed E-state index contributed by atoms with van der Waals surface area (Å²) < 4.78 is 11.5. The largest absolute Gasteiger partial charge is 0.615 e. The molecule has 1 nitrogen and oxygen atoms in total. The van der Waals surface area contributed by atoms with E-state index in [4.69, 9.17) is 0 Å². The summed E-state index contributed by atoms with van der Waals surface area (Å²) in [5.74, 6) is 0. The third kappa shape index (κ3) is 1.39. The van der Waals surface area contributed by atoms with Crippen molar-refractivity contribution in [1.82, 2.24) is 0 Å². The molecule has 1 fully saturated rings. The van der Waals surface area contributed by atoms with Crippen LogP contribution in [-0.4, -0.2) is 14.5 Å². The van der Waals surface area contributed by atoms with Gasteiger partial charge in [0.05, 0.1) is 0 Å². The first-order valence-electron chi connectivity index (χ1n) is 2.77. The highest BCUT2D eigenvalue weighted by molar-refractivity contribution is 9.10. The second-order valence-corrected chi connectivity index (χ2v) is 5.06. The van der Waals surface area contributed by atoms with Crippen molar-refractivity contribution < 1.29 is 4.55 Å². The van der Waals surface area contributed by atoms with Gasteiger partial charge in [-0.2, -0.15) is 0 Å². The molecule has 0 aliphatic heterocycles. The van der Waals surface area contributed by atoms with E-state index in [2.05, 4.69) is 15.9 Å². The lowest BCUT2D eigenvalue weighted by Gasteiger charge is -2.26. The molecule has 0 aromatic carbocycles. The zero-order valence-corrected chi connectivity index (χ0v) is 7.00. The molecular weight excluding hydrogens is 188 g/mol. The van der Waals surface area contributed by atoms with Crippen LogP contribution in [0.25, 0.3) is 0 Å². The fraction of sp³-hybridized carbons (Fsp3) is 1.00. The van der Waals surface area contributed by atoms with E-state index in [1.165, 1.54) is 19.3 Å². The van der Waals surface area contributed by atoms with Gasteiger partial charge in [-0.1, -0.05) is 0 Å². The first kappa shape index (κ1) is 6.90.